The first-order chi connectivity index (χ1) is 29.2. The van der Waals surface area contributed by atoms with Gasteiger partial charge >= 0.3 is 0 Å². The van der Waals surface area contributed by atoms with Crippen molar-refractivity contribution in [3.8, 4) is 66.8 Å². The maximum Gasteiger partial charge on any atom is 0.0468 e. The molecule has 0 spiro atoms. The van der Waals surface area contributed by atoms with E-state index in [-0.39, 0.29) is 0 Å². The van der Waals surface area contributed by atoms with Crippen LogP contribution in [0.25, 0.3) is 77.5 Å². The van der Waals surface area contributed by atoms with Gasteiger partial charge in [0.25, 0.3) is 0 Å². The Balaban J connectivity index is 1.01. The molecule has 0 saturated carbocycles. The number of anilines is 3. The molecule has 10 aromatic carbocycles. The van der Waals surface area contributed by atoms with Gasteiger partial charge in [-0.2, -0.15) is 0 Å². The third kappa shape index (κ3) is 7.34. The summed E-state index contributed by atoms with van der Waals surface area (Å²) in [5.41, 5.74) is 17.7. The minimum Gasteiger partial charge on any atom is -0.310 e. The van der Waals surface area contributed by atoms with Crippen LogP contribution in [-0.2, 0) is 0 Å². The van der Waals surface area contributed by atoms with Gasteiger partial charge in [0.05, 0.1) is 0 Å². The number of benzene rings is 10. The van der Waals surface area contributed by atoms with Crippen LogP contribution in [0.2, 0.25) is 0 Å². The summed E-state index contributed by atoms with van der Waals surface area (Å²) >= 11 is 0. The average molecular weight is 752 g/mol. The third-order valence-electron chi connectivity index (χ3n) is 11.3. The van der Waals surface area contributed by atoms with Crippen LogP contribution in [0.4, 0.5) is 17.1 Å². The predicted octanol–water partition coefficient (Wildman–Crippen LogP) is 16.3. The van der Waals surface area contributed by atoms with E-state index in [0.29, 0.717) is 0 Å². The minimum atomic E-state index is 1.09. The normalized spacial score (nSPS) is 11.1. The second-order valence-corrected chi connectivity index (χ2v) is 14.9. The molecule has 10 rings (SSSR count). The van der Waals surface area contributed by atoms with Crippen molar-refractivity contribution >= 4 is 27.8 Å². The Kier molecular flexibility index (Phi) is 9.68. The van der Waals surface area contributed by atoms with E-state index in [0.717, 1.165) is 17.1 Å². The lowest BCUT2D eigenvalue weighted by Crippen LogP contribution is -2.10. The maximum atomic E-state index is 2.38. The number of rotatable bonds is 9. The molecule has 0 atom stereocenters. The van der Waals surface area contributed by atoms with Crippen molar-refractivity contribution in [2.24, 2.45) is 0 Å². The number of hydrogen-bond donors (Lipinski definition) is 0. The molecule has 0 aliphatic carbocycles. The van der Waals surface area contributed by atoms with Gasteiger partial charge in [-0.3, -0.25) is 0 Å². The molecule has 0 radical (unpaired) electrons. The molecule has 0 aliphatic heterocycles. The Bertz CT molecular complexity index is 2970. The zero-order valence-electron chi connectivity index (χ0n) is 32.6. The highest BCUT2D eigenvalue weighted by molar-refractivity contribution is 5.97. The highest BCUT2D eigenvalue weighted by atomic mass is 15.1. The second-order valence-electron chi connectivity index (χ2n) is 14.9. The summed E-state index contributed by atoms with van der Waals surface area (Å²) in [4.78, 5) is 2.38. The van der Waals surface area contributed by atoms with Crippen molar-refractivity contribution in [2.75, 3.05) is 4.90 Å². The van der Waals surface area contributed by atoms with Crippen LogP contribution in [0.15, 0.2) is 249 Å². The lowest BCUT2D eigenvalue weighted by atomic mass is 9.93. The zero-order chi connectivity index (χ0) is 39.4. The number of nitrogens with zero attached hydrogens (tertiary/aromatic N) is 1. The molecule has 0 aliphatic rings. The lowest BCUT2D eigenvalue weighted by Gasteiger charge is -2.27. The monoisotopic (exact) mass is 751 g/mol. The molecule has 59 heavy (non-hydrogen) atoms. The van der Waals surface area contributed by atoms with Crippen LogP contribution in [0, 0.1) is 0 Å². The maximum absolute atomic E-state index is 2.38. The van der Waals surface area contributed by atoms with Gasteiger partial charge in [-0.15, -0.1) is 0 Å². The van der Waals surface area contributed by atoms with Crippen molar-refractivity contribution in [3.63, 3.8) is 0 Å². The van der Waals surface area contributed by atoms with Gasteiger partial charge < -0.3 is 4.90 Å². The largest absolute Gasteiger partial charge is 0.310 e. The van der Waals surface area contributed by atoms with Gasteiger partial charge in [0.15, 0.2) is 0 Å². The van der Waals surface area contributed by atoms with Gasteiger partial charge in [0.1, 0.15) is 0 Å². The van der Waals surface area contributed by atoms with E-state index in [4.69, 9.17) is 0 Å². The third-order valence-corrected chi connectivity index (χ3v) is 11.3. The highest BCUT2D eigenvalue weighted by Crippen LogP contribution is 2.42. The van der Waals surface area contributed by atoms with Crippen molar-refractivity contribution in [3.05, 3.63) is 249 Å². The van der Waals surface area contributed by atoms with E-state index in [1.54, 1.807) is 0 Å². The van der Waals surface area contributed by atoms with Crippen molar-refractivity contribution < 1.29 is 0 Å². The molecule has 0 unspecified atom stereocenters. The molecular weight excluding hydrogens is 711 g/mol. The first kappa shape index (κ1) is 35.7. The fourth-order valence-corrected chi connectivity index (χ4v) is 8.26. The Morgan fingerprint density at radius 1 is 0.203 bits per heavy atom. The summed E-state index contributed by atoms with van der Waals surface area (Å²) < 4.78 is 0. The fourth-order valence-electron chi connectivity index (χ4n) is 8.26. The molecule has 0 heterocycles. The summed E-state index contributed by atoms with van der Waals surface area (Å²) in [6.07, 6.45) is 0. The Morgan fingerprint density at radius 2 is 0.559 bits per heavy atom. The first-order valence-electron chi connectivity index (χ1n) is 20.2. The quantitative estimate of drug-likeness (QED) is 0.142. The van der Waals surface area contributed by atoms with E-state index in [9.17, 15) is 0 Å². The highest BCUT2D eigenvalue weighted by Gasteiger charge is 2.17. The molecule has 1 nitrogen and oxygen atoms in total. The zero-order valence-corrected chi connectivity index (χ0v) is 32.6. The van der Waals surface area contributed by atoms with Gasteiger partial charge in [0, 0.05) is 17.1 Å². The topological polar surface area (TPSA) is 3.24 Å². The van der Waals surface area contributed by atoms with Gasteiger partial charge in [-0.05, 0) is 114 Å². The van der Waals surface area contributed by atoms with Crippen molar-refractivity contribution in [2.45, 2.75) is 0 Å². The number of fused-ring (bicyclic) bond motifs is 1. The Morgan fingerprint density at radius 3 is 1.08 bits per heavy atom. The summed E-state index contributed by atoms with van der Waals surface area (Å²) in [6, 6.07) is 89.7. The average Bonchev–Trinajstić information content (AvgIpc) is 3.33. The van der Waals surface area contributed by atoms with Crippen LogP contribution in [0.5, 0.6) is 0 Å². The van der Waals surface area contributed by atoms with Gasteiger partial charge in [-0.1, -0.05) is 212 Å². The molecule has 0 bridgehead atoms. The second kappa shape index (κ2) is 16.0. The van der Waals surface area contributed by atoms with Crippen molar-refractivity contribution in [1.82, 2.24) is 0 Å². The summed E-state index contributed by atoms with van der Waals surface area (Å²) in [5, 5.41) is 2.50. The van der Waals surface area contributed by atoms with E-state index in [1.807, 2.05) is 0 Å². The fraction of sp³-hybridized carbons (Fsp3) is 0. The predicted molar refractivity (Wildman–Crippen MR) is 251 cm³/mol. The van der Waals surface area contributed by atoms with E-state index < -0.39 is 0 Å². The van der Waals surface area contributed by atoms with E-state index >= 15 is 0 Å². The molecule has 0 fully saturated rings. The van der Waals surface area contributed by atoms with Crippen LogP contribution in [-0.4, -0.2) is 0 Å². The van der Waals surface area contributed by atoms with Crippen LogP contribution in [0.3, 0.4) is 0 Å². The summed E-state index contributed by atoms with van der Waals surface area (Å²) in [7, 11) is 0. The Hall–Kier alpha value is -7.74. The smallest absolute Gasteiger partial charge is 0.0468 e. The molecule has 0 aromatic heterocycles. The SMILES string of the molecule is c1ccc(-c2ccc(-c3ccc(-c4ccc(N(c5ccc(-c6cccc7ccccc67)cc5)c5ccc(-c6ccccc6)c(-c6ccccc6)c5)cc4)cc3)cc2)cc1. The Labute approximate surface area is 346 Å². The first-order valence-corrected chi connectivity index (χ1v) is 20.2. The molecule has 0 amide bonds. The molecular formula is C58H41N. The van der Waals surface area contributed by atoms with E-state index in [1.165, 1.54) is 77.5 Å². The molecule has 10 aromatic rings. The van der Waals surface area contributed by atoms with Crippen molar-refractivity contribution in [1.29, 1.82) is 0 Å². The molecule has 1 heteroatoms. The van der Waals surface area contributed by atoms with Gasteiger partial charge in [-0.25, -0.2) is 0 Å². The lowest BCUT2D eigenvalue weighted by molar-refractivity contribution is 1.28. The van der Waals surface area contributed by atoms with E-state index in [2.05, 4.69) is 254 Å². The summed E-state index contributed by atoms with van der Waals surface area (Å²) in [5.74, 6) is 0. The molecule has 0 N–H and O–H groups in total. The minimum absolute atomic E-state index is 1.09. The van der Waals surface area contributed by atoms with Crippen LogP contribution < -0.4 is 4.90 Å². The van der Waals surface area contributed by atoms with Crippen LogP contribution in [0.1, 0.15) is 0 Å². The number of hydrogen-bond acceptors (Lipinski definition) is 1. The molecule has 0 saturated heterocycles. The van der Waals surface area contributed by atoms with Gasteiger partial charge in [0.2, 0.25) is 0 Å². The molecule has 278 valence electrons. The van der Waals surface area contributed by atoms with Crippen LogP contribution >= 0.6 is 0 Å². The standard InChI is InChI=1S/C58H41N/c1-4-13-42(14-5-1)43-23-25-44(26-24-43)45-27-29-46(30-28-45)47-31-35-52(36-32-47)59(53-37-33-51(34-38-53)56-22-12-20-49-19-10-11-21-55(49)56)54-39-40-57(48-15-6-2-7-16-48)58(41-54)50-17-8-3-9-18-50/h1-41H. The summed E-state index contributed by atoms with van der Waals surface area (Å²) in [6.45, 7) is 0.